The van der Waals surface area contributed by atoms with Gasteiger partial charge in [-0.2, -0.15) is 0 Å². The largest absolute Gasteiger partial charge is 0.487 e. The fourth-order valence-corrected chi connectivity index (χ4v) is 2.13. The standard InChI is InChI=1S/C20H22N2O2/c1-3-12-22-20(23)11-9-16-8-10-19(18(21)13-16)24-14-17-7-5-4-6-15(17)2/h3-11,13H,1,12,14,21H2,2H3,(H,22,23)/b11-9-. The first kappa shape index (κ1) is 17.3. The van der Waals surface area contributed by atoms with Gasteiger partial charge >= 0.3 is 0 Å². The highest BCUT2D eigenvalue weighted by Crippen LogP contribution is 2.24. The third-order valence-corrected chi connectivity index (χ3v) is 3.53. The van der Waals surface area contributed by atoms with Crippen LogP contribution in [0.25, 0.3) is 6.08 Å². The van der Waals surface area contributed by atoms with Gasteiger partial charge in [-0.15, -0.1) is 6.58 Å². The van der Waals surface area contributed by atoms with Crippen molar-refractivity contribution in [1.82, 2.24) is 5.32 Å². The first-order valence-corrected chi connectivity index (χ1v) is 7.74. The van der Waals surface area contributed by atoms with Crippen LogP contribution in [0, 0.1) is 6.92 Å². The van der Waals surface area contributed by atoms with Crippen molar-refractivity contribution >= 4 is 17.7 Å². The lowest BCUT2D eigenvalue weighted by atomic mass is 10.1. The van der Waals surface area contributed by atoms with Gasteiger partial charge in [-0.3, -0.25) is 4.79 Å². The normalized spacial score (nSPS) is 10.5. The molecule has 0 aliphatic rings. The van der Waals surface area contributed by atoms with E-state index in [4.69, 9.17) is 10.5 Å². The summed E-state index contributed by atoms with van der Waals surface area (Å²) in [5.74, 6) is 0.458. The van der Waals surface area contributed by atoms with Gasteiger partial charge in [-0.1, -0.05) is 36.4 Å². The summed E-state index contributed by atoms with van der Waals surface area (Å²) in [6.45, 7) is 6.51. The van der Waals surface area contributed by atoms with Crippen molar-refractivity contribution in [2.24, 2.45) is 0 Å². The van der Waals surface area contributed by atoms with E-state index < -0.39 is 0 Å². The maximum absolute atomic E-state index is 11.5. The maximum Gasteiger partial charge on any atom is 0.244 e. The van der Waals surface area contributed by atoms with Crippen LogP contribution in [0.15, 0.2) is 61.2 Å². The summed E-state index contributed by atoms with van der Waals surface area (Å²) in [4.78, 5) is 11.5. The molecule has 4 heteroatoms. The summed E-state index contributed by atoms with van der Waals surface area (Å²) < 4.78 is 5.80. The van der Waals surface area contributed by atoms with Gasteiger partial charge in [0.25, 0.3) is 0 Å². The van der Waals surface area contributed by atoms with Crippen molar-refractivity contribution in [3.05, 3.63) is 77.9 Å². The van der Waals surface area contributed by atoms with Gasteiger partial charge in [0.15, 0.2) is 0 Å². The minimum atomic E-state index is -0.173. The number of carbonyl (C=O) groups excluding carboxylic acids is 1. The molecule has 0 fully saturated rings. The number of aryl methyl sites for hydroxylation is 1. The van der Waals surface area contributed by atoms with Crippen LogP contribution in [0.3, 0.4) is 0 Å². The molecule has 0 aromatic heterocycles. The lowest BCUT2D eigenvalue weighted by Gasteiger charge is -2.11. The third kappa shape index (κ3) is 5.02. The Balaban J connectivity index is 1.99. The highest BCUT2D eigenvalue weighted by atomic mass is 16.5. The summed E-state index contributed by atoms with van der Waals surface area (Å²) in [5, 5.41) is 2.67. The van der Waals surface area contributed by atoms with Crippen molar-refractivity contribution in [3.8, 4) is 5.75 Å². The summed E-state index contributed by atoms with van der Waals surface area (Å²) in [5.41, 5.74) is 9.72. The summed E-state index contributed by atoms with van der Waals surface area (Å²) in [6, 6.07) is 13.5. The van der Waals surface area contributed by atoms with E-state index in [9.17, 15) is 4.79 Å². The molecule has 4 nitrogen and oxygen atoms in total. The second kappa shape index (κ2) is 8.58. The van der Waals surface area contributed by atoms with Crippen LogP contribution < -0.4 is 15.8 Å². The molecule has 0 aliphatic heterocycles. The molecule has 124 valence electrons. The monoisotopic (exact) mass is 322 g/mol. The molecule has 0 saturated heterocycles. The number of hydrogen-bond donors (Lipinski definition) is 2. The van der Waals surface area contributed by atoms with Crippen LogP contribution in [-0.2, 0) is 11.4 Å². The highest BCUT2D eigenvalue weighted by molar-refractivity contribution is 5.91. The van der Waals surface area contributed by atoms with Crippen molar-refractivity contribution in [2.45, 2.75) is 13.5 Å². The van der Waals surface area contributed by atoms with Crippen molar-refractivity contribution in [2.75, 3.05) is 12.3 Å². The second-order valence-corrected chi connectivity index (χ2v) is 5.38. The Labute approximate surface area is 142 Å². The number of ether oxygens (including phenoxy) is 1. The van der Waals surface area contributed by atoms with Gasteiger partial charge in [-0.25, -0.2) is 0 Å². The Morgan fingerprint density at radius 3 is 2.79 bits per heavy atom. The van der Waals surface area contributed by atoms with Crippen LogP contribution in [0.5, 0.6) is 5.75 Å². The van der Waals surface area contributed by atoms with Gasteiger partial charge in [0.1, 0.15) is 12.4 Å². The fraction of sp³-hybridized carbons (Fsp3) is 0.150. The number of nitrogen functional groups attached to an aromatic ring is 1. The molecule has 2 aromatic rings. The number of anilines is 1. The zero-order chi connectivity index (χ0) is 17.4. The molecule has 0 unspecified atom stereocenters. The number of rotatable bonds is 7. The van der Waals surface area contributed by atoms with Crippen LogP contribution in [0.1, 0.15) is 16.7 Å². The molecule has 0 heterocycles. The minimum Gasteiger partial charge on any atom is -0.487 e. The van der Waals surface area contributed by atoms with E-state index in [1.165, 1.54) is 11.6 Å². The van der Waals surface area contributed by atoms with E-state index in [-0.39, 0.29) is 5.91 Å². The van der Waals surface area contributed by atoms with Gasteiger partial charge in [0, 0.05) is 12.6 Å². The molecule has 0 saturated carbocycles. The predicted octanol–water partition coefficient (Wildman–Crippen LogP) is 3.47. The minimum absolute atomic E-state index is 0.173. The molecule has 0 spiro atoms. The molecule has 3 N–H and O–H groups in total. The quantitative estimate of drug-likeness (QED) is 0.466. The second-order valence-electron chi connectivity index (χ2n) is 5.38. The number of nitrogens with two attached hydrogens (primary N) is 1. The fourth-order valence-electron chi connectivity index (χ4n) is 2.13. The summed E-state index contributed by atoms with van der Waals surface area (Å²) in [7, 11) is 0. The molecule has 0 aliphatic carbocycles. The number of benzene rings is 2. The van der Waals surface area contributed by atoms with Crippen LogP contribution in [0.2, 0.25) is 0 Å². The van der Waals surface area contributed by atoms with E-state index in [0.717, 1.165) is 11.1 Å². The average Bonchev–Trinajstić information content (AvgIpc) is 2.58. The highest BCUT2D eigenvalue weighted by Gasteiger charge is 2.03. The maximum atomic E-state index is 11.5. The van der Waals surface area contributed by atoms with Gasteiger partial charge in [0.2, 0.25) is 5.91 Å². The molecule has 0 bridgehead atoms. The molecule has 2 rings (SSSR count). The van der Waals surface area contributed by atoms with E-state index in [0.29, 0.717) is 24.6 Å². The molecule has 0 radical (unpaired) electrons. The first-order chi connectivity index (χ1) is 11.6. The molecular formula is C20H22N2O2. The zero-order valence-electron chi connectivity index (χ0n) is 13.8. The van der Waals surface area contributed by atoms with E-state index in [1.807, 2.05) is 43.3 Å². The van der Waals surface area contributed by atoms with Crippen molar-refractivity contribution in [1.29, 1.82) is 0 Å². The number of amides is 1. The topological polar surface area (TPSA) is 64.3 Å². The molecular weight excluding hydrogens is 300 g/mol. The lowest BCUT2D eigenvalue weighted by Crippen LogP contribution is -2.20. The number of carbonyl (C=O) groups is 1. The molecule has 24 heavy (non-hydrogen) atoms. The van der Waals surface area contributed by atoms with Crippen molar-refractivity contribution < 1.29 is 9.53 Å². The smallest absolute Gasteiger partial charge is 0.244 e. The van der Waals surface area contributed by atoms with Gasteiger partial charge < -0.3 is 15.8 Å². The number of nitrogens with one attached hydrogen (secondary N) is 1. The zero-order valence-corrected chi connectivity index (χ0v) is 13.8. The van der Waals surface area contributed by atoms with E-state index in [1.54, 1.807) is 18.2 Å². The number of hydrogen-bond acceptors (Lipinski definition) is 3. The van der Waals surface area contributed by atoms with E-state index >= 15 is 0 Å². The molecule has 1 amide bonds. The summed E-state index contributed by atoms with van der Waals surface area (Å²) in [6.07, 6.45) is 4.80. The van der Waals surface area contributed by atoms with Crippen LogP contribution in [0.4, 0.5) is 5.69 Å². The lowest BCUT2D eigenvalue weighted by molar-refractivity contribution is -0.116. The van der Waals surface area contributed by atoms with Crippen LogP contribution in [-0.4, -0.2) is 12.5 Å². The first-order valence-electron chi connectivity index (χ1n) is 7.74. The Morgan fingerprint density at radius 2 is 2.08 bits per heavy atom. The van der Waals surface area contributed by atoms with Crippen LogP contribution >= 0.6 is 0 Å². The molecule has 2 aromatic carbocycles. The Morgan fingerprint density at radius 1 is 1.29 bits per heavy atom. The van der Waals surface area contributed by atoms with Gasteiger partial charge in [0.05, 0.1) is 5.69 Å². The Bertz CT molecular complexity index is 751. The van der Waals surface area contributed by atoms with E-state index in [2.05, 4.69) is 11.9 Å². The van der Waals surface area contributed by atoms with Crippen molar-refractivity contribution in [3.63, 3.8) is 0 Å². The predicted molar refractivity (Wildman–Crippen MR) is 98.6 cm³/mol. The SMILES string of the molecule is C=CCNC(=O)/C=C\c1ccc(OCc2ccccc2C)c(N)c1. The Kier molecular flexibility index (Phi) is 6.20. The molecule has 0 atom stereocenters. The average molecular weight is 322 g/mol. The third-order valence-electron chi connectivity index (χ3n) is 3.53. The summed E-state index contributed by atoms with van der Waals surface area (Å²) >= 11 is 0. The Hall–Kier alpha value is -3.01. The van der Waals surface area contributed by atoms with Gasteiger partial charge in [-0.05, 0) is 41.8 Å².